The lowest BCUT2D eigenvalue weighted by molar-refractivity contribution is -0.133. The summed E-state index contributed by atoms with van der Waals surface area (Å²) >= 11 is 0. The molecular formula is C13H26N2O3. The van der Waals surface area contributed by atoms with E-state index >= 15 is 0 Å². The molecule has 0 aromatic carbocycles. The van der Waals surface area contributed by atoms with E-state index in [0.717, 1.165) is 25.9 Å². The van der Waals surface area contributed by atoms with Crippen molar-refractivity contribution in [3.8, 4) is 0 Å². The minimum Gasteiger partial charge on any atom is -0.393 e. The van der Waals surface area contributed by atoms with Gasteiger partial charge in [-0.1, -0.05) is 12.8 Å². The summed E-state index contributed by atoms with van der Waals surface area (Å²) in [5.41, 5.74) is -1.17. The predicted molar refractivity (Wildman–Crippen MR) is 70.2 cm³/mol. The number of carbonyl (C=O) groups is 1. The summed E-state index contributed by atoms with van der Waals surface area (Å²) in [6, 6.07) is -0.318. The largest absolute Gasteiger partial charge is 0.393 e. The van der Waals surface area contributed by atoms with Gasteiger partial charge in [-0.2, -0.15) is 0 Å². The fourth-order valence-electron chi connectivity index (χ4n) is 2.08. The first-order chi connectivity index (χ1) is 8.46. The summed E-state index contributed by atoms with van der Waals surface area (Å²) in [5, 5.41) is 21.6. The average molecular weight is 258 g/mol. The van der Waals surface area contributed by atoms with Crippen molar-refractivity contribution in [2.75, 3.05) is 26.2 Å². The Labute approximate surface area is 109 Å². The van der Waals surface area contributed by atoms with Gasteiger partial charge >= 0.3 is 0 Å². The molecule has 5 heteroatoms. The van der Waals surface area contributed by atoms with E-state index in [-0.39, 0.29) is 25.1 Å². The second-order valence-corrected chi connectivity index (χ2v) is 5.50. The Balaban J connectivity index is 2.40. The second-order valence-electron chi connectivity index (χ2n) is 5.50. The van der Waals surface area contributed by atoms with E-state index < -0.39 is 5.60 Å². The molecule has 1 rings (SSSR count). The summed E-state index contributed by atoms with van der Waals surface area (Å²) < 4.78 is 0. The fraction of sp³-hybridized carbons (Fsp3) is 0.923. The monoisotopic (exact) mass is 258 g/mol. The van der Waals surface area contributed by atoms with Crippen LogP contribution in [0.15, 0.2) is 0 Å². The maximum Gasteiger partial charge on any atom is 0.239 e. The number of nitrogens with zero attached hydrogens (tertiary/aromatic N) is 1. The van der Waals surface area contributed by atoms with Gasteiger partial charge in [0.1, 0.15) is 0 Å². The molecule has 1 saturated heterocycles. The van der Waals surface area contributed by atoms with Crippen molar-refractivity contribution in [2.45, 2.75) is 51.2 Å². The minimum absolute atomic E-state index is 0.0886. The van der Waals surface area contributed by atoms with Gasteiger partial charge in [0.05, 0.1) is 18.2 Å². The van der Waals surface area contributed by atoms with E-state index in [0.29, 0.717) is 0 Å². The van der Waals surface area contributed by atoms with Crippen LogP contribution < -0.4 is 5.32 Å². The van der Waals surface area contributed by atoms with Gasteiger partial charge in [0.15, 0.2) is 0 Å². The highest BCUT2D eigenvalue weighted by Gasteiger charge is 2.24. The summed E-state index contributed by atoms with van der Waals surface area (Å²) in [6.07, 6.45) is 4.55. The summed E-state index contributed by atoms with van der Waals surface area (Å²) in [6.45, 7) is 4.92. The van der Waals surface area contributed by atoms with Crippen LogP contribution >= 0.6 is 0 Å². The number of aliphatic hydroxyl groups excluding tert-OH is 1. The lowest BCUT2D eigenvalue weighted by Gasteiger charge is -2.27. The van der Waals surface area contributed by atoms with Crippen LogP contribution in [0.25, 0.3) is 0 Å². The first-order valence-corrected chi connectivity index (χ1v) is 6.82. The van der Waals surface area contributed by atoms with Gasteiger partial charge in [-0.3, -0.25) is 4.79 Å². The number of amides is 1. The first kappa shape index (κ1) is 15.4. The van der Waals surface area contributed by atoms with Crippen molar-refractivity contribution in [1.82, 2.24) is 10.2 Å². The second kappa shape index (κ2) is 7.07. The zero-order valence-corrected chi connectivity index (χ0v) is 11.5. The number of rotatable bonds is 5. The third-order valence-corrected chi connectivity index (χ3v) is 3.42. The highest BCUT2D eigenvalue weighted by molar-refractivity contribution is 5.81. The van der Waals surface area contributed by atoms with Crippen molar-refractivity contribution in [3.05, 3.63) is 0 Å². The Morgan fingerprint density at radius 2 is 1.89 bits per heavy atom. The Bertz CT molecular complexity index is 261. The predicted octanol–water partition coefficient (Wildman–Crippen LogP) is 0.110. The molecule has 1 aliphatic rings. The molecule has 0 aromatic rings. The summed E-state index contributed by atoms with van der Waals surface area (Å²) in [4.78, 5) is 14.1. The van der Waals surface area contributed by atoms with Gasteiger partial charge in [0, 0.05) is 19.6 Å². The molecule has 0 aromatic heterocycles. The van der Waals surface area contributed by atoms with Crippen molar-refractivity contribution in [1.29, 1.82) is 0 Å². The van der Waals surface area contributed by atoms with Crippen LogP contribution in [0.5, 0.6) is 0 Å². The molecule has 3 N–H and O–H groups in total. The van der Waals surface area contributed by atoms with Crippen molar-refractivity contribution < 1.29 is 15.0 Å². The molecule has 0 bridgehead atoms. The molecule has 0 aliphatic carbocycles. The third-order valence-electron chi connectivity index (χ3n) is 3.42. The average Bonchev–Trinajstić information content (AvgIpc) is 2.64. The Morgan fingerprint density at radius 3 is 2.39 bits per heavy atom. The van der Waals surface area contributed by atoms with Gasteiger partial charge in [-0.25, -0.2) is 0 Å². The van der Waals surface area contributed by atoms with Crippen LogP contribution in [-0.4, -0.2) is 58.9 Å². The lowest BCUT2D eigenvalue weighted by Crippen LogP contribution is -2.50. The van der Waals surface area contributed by atoms with Crippen LogP contribution in [0.2, 0.25) is 0 Å². The molecular weight excluding hydrogens is 232 g/mol. The number of likely N-dealkylation sites (tertiary alicyclic amines) is 1. The van der Waals surface area contributed by atoms with Gasteiger partial charge in [-0.05, 0) is 26.7 Å². The Hall–Kier alpha value is -0.650. The molecule has 0 radical (unpaired) electrons. The molecule has 2 unspecified atom stereocenters. The highest BCUT2D eigenvalue weighted by atomic mass is 16.3. The molecule has 0 saturated carbocycles. The maximum absolute atomic E-state index is 12.2. The Kier molecular flexibility index (Phi) is 6.05. The maximum atomic E-state index is 12.2. The standard InChI is InChI=1S/C13H26N2O3/c1-11(14-9-13(2,18)10-16)12(17)15-7-5-3-4-6-8-15/h11,14,16,18H,3-10H2,1-2H3. The number of hydrogen-bond acceptors (Lipinski definition) is 4. The van der Waals surface area contributed by atoms with Crippen molar-refractivity contribution in [3.63, 3.8) is 0 Å². The van der Waals surface area contributed by atoms with Gasteiger partial charge in [0.25, 0.3) is 0 Å². The van der Waals surface area contributed by atoms with Crippen LogP contribution in [0.3, 0.4) is 0 Å². The van der Waals surface area contributed by atoms with E-state index in [9.17, 15) is 9.90 Å². The van der Waals surface area contributed by atoms with E-state index in [1.165, 1.54) is 12.8 Å². The van der Waals surface area contributed by atoms with Gasteiger partial charge in [-0.15, -0.1) is 0 Å². The Morgan fingerprint density at radius 1 is 1.33 bits per heavy atom. The van der Waals surface area contributed by atoms with Crippen molar-refractivity contribution in [2.24, 2.45) is 0 Å². The van der Waals surface area contributed by atoms with E-state index in [1.54, 1.807) is 13.8 Å². The third kappa shape index (κ3) is 4.92. The molecule has 18 heavy (non-hydrogen) atoms. The van der Waals surface area contributed by atoms with Gasteiger partial charge in [0.2, 0.25) is 5.91 Å². The summed E-state index contributed by atoms with van der Waals surface area (Å²) in [5.74, 6) is 0.0886. The molecule has 2 atom stereocenters. The molecule has 1 aliphatic heterocycles. The molecule has 106 valence electrons. The smallest absolute Gasteiger partial charge is 0.239 e. The molecule has 5 nitrogen and oxygen atoms in total. The van der Waals surface area contributed by atoms with Crippen LogP contribution in [0.1, 0.15) is 39.5 Å². The van der Waals surface area contributed by atoms with Crippen molar-refractivity contribution >= 4 is 5.91 Å². The number of aliphatic hydroxyl groups is 2. The van der Waals surface area contributed by atoms with Crippen LogP contribution in [0.4, 0.5) is 0 Å². The first-order valence-electron chi connectivity index (χ1n) is 6.82. The lowest BCUT2D eigenvalue weighted by atomic mass is 10.1. The molecule has 1 amide bonds. The van der Waals surface area contributed by atoms with E-state index in [1.807, 2.05) is 4.90 Å². The van der Waals surface area contributed by atoms with E-state index in [2.05, 4.69) is 5.32 Å². The number of hydrogen-bond donors (Lipinski definition) is 3. The van der Waals surface area contributed by atoms with E-state index in [4.69, 9.17) is 5.11 Å². The molecule has 1 fully saturated rings. The molecule has 1 heterocycles. The number of carbonyl (C=O) groups excluding carboxylic acids is 1. The number of nitrogens with one attached hydrogen (secondary N) is 1. The zero-order valence-electron chi connectivity index (χ0n) is 11.5. The quantitative estimate of drug-likeness (QED) is 0.654. The molecule has 0 spiro atoms. The van der Waals surface area contributed by atoms with Crippen LogP contribution in [-0.2, 0) is 4.79 Å². The highest BCUT2D eigenvalue weighted by Crippen LogP contribution is 2.11. The SMILES string of the molecule is CC(NCC(C)(O)CO)C(=O)N1CCCCCC1. The normalized spacial score (nSPS) is 22.1. The summed E-state index contributed by atoms with van der Waals surface area (Å²) in [7, 11) is 0. The fourth-order valence-corrected chi connectivity index (χ4v) is 2.08. The minimum atomic E-state index is -1.17. The van der Waals surface area contributed by atoms with Gasteiger partial charge < -0.3 is 20.4 Å². The van der Waals surface area contributed by atoms with Crippen LogP contribution in [0, 0.1) is 0 Å². The topological polar surface area (TPSA) is 72.8 Å². The zero-order chi connectivity index (χ0) is 13.6.